The van der Waals surface area contributed by atoms with Crippen LogP contribution >= 0.6 is 0 Å². The average molecular weight is 310 g/mol. The molecule has 0 aliphatic heterocycles. The van der Waals surface area contributed by atoms with E-state index in [1.807, 2.05) is 6.92 Å². The number of benzene rings is 1. The van der Waals surface area contributed by atoms with Gasteiger partial charge in [0.1, 0.15) is 11.3 Å². The maximum Gasteiger partial charge on any atom is 0.341 e. The number of allylic oxidation sites excluding steroid dienone is 2. The maximum absolute atomic E-state index is 12.7. The summed E-state index contributed by atoms with van der Waals surface area (Å²) in [6.07, 6.45) is 6.63. The fraction of sp³-hybridized carbons (Fsp3) is 0.368. The zero-order valence-corrected chi connectivity index (χ0v) is 13.2. The molecule has 4 heteroatoms. The molecule has 0 spiro atoms. The third-order valence-electron chi connectivity index (χ3n) is 5.20. The molecular formula is C19H18O4. The minimum absolute atomic E-state index is 0.0567. The smallest absolute Gasteiger partial charge is 0.341 e. The van der Waals surface area contributed by atoms with Gasteiger partial charge in [0.2, 0.25) is 0 Å². The van der Waals surface area contributed by atoms with E-state index in [4.69, 9.17) is 9.15 Å². The van der Waals surface area contributed by atoms with Gasteiger partial charge in [-0.3, -0.25) is 4.79 Å². The lowest BCUT2D eigenvalue weighted by atomic mass is 9.88. The molecule has 2 aliphatic rings. The van der Waals surface area contributed by atoms with Crippen molar-refractivity contribution in [3.05, 3.63) is 57.5 Å². The van der Waals surface area contributed by atoms with Gasteiger partial charge in [-0.15, -0.1) is 0 Å². The SMILES string of the molecule is COC(=O)c1cccc2c(=O)c(C)c([C@@H]3C[C@@H]4C=C[C@H]3C4)oc12. The van der Waals surface area contributed by atoms with Gasteiger partial charge >= 0.3 is 5.97 Å². The third-order valence-corrected chi connectivity index (χ3v) is 5.20. The molecule has 118 valence electrons. The summed E-state index contributed by atoms with van der Waals surface area (Å²) in [4.78, 5) is 24.7. The zero-order chi connectivity index (χ0) is 16.1. The van der Waals surface area contributed by atoms with Crippen LogP contribution in [0.1, 0.15) is 40.4 Å². The Morgan fingerprint density at radius 3 is 2.74 bits per heavy atom. The highest BCUT2D eigenvalue weighted by molar-refractivity contribution is 6.01. The Morgan fingerprint density at radius 2 is 2.09 bits per heavy atom. The summed E-state index contributed by atoms with van der Waals surface area (Å²) in [5.41, 5.74) is 1.25. The molecular weight excluding hydrogens is 292 g/mol. The standard InChI is InChI=1S/C19H18O4/c1-10-16(20)13-4-3-5-14(19(21)22-2)18(13)23-17(10)15-9-11-6-7-12(15)8-11/h3-7,11-12,15H,8-9H2,1-2H3/t11-,12+,15-/m1/s1. The molecule has 0 radical (unpaired) electrons. The van der Waals surface area contributed by atoms with Gasteiger partial charge in [-0.05, 0) is 43.7 Å². The van der Waals surface area contributed by atoms with Crippen molar-refractivity contribution in [2.45, 2.75) is 25.7 Å². The first-order valence-corrected chi connectivity index (χ1v) is 7.93. The number of esters is 1. The number of fused-ring (bicyclic) bond motifs is 3. The molecule has 2 aromatic rings. The molecule has 4 nitrogen and oxygen atoms in total. The van der Waals surface area contributed by atoms with Crippen molar-refractivity contribution in [3.63, 3.8) is 0 Å². The van der Waals surface area contributed by atoms with Crippen LogP contribution in [0, 0.1) is 18.8 Å². The number of methoxy groups -OCH3 is 1. The molecule has 3 atom stereocenters. The lowest BCUT2D eigenvalue weighted by Gasteiger charge is -2.19. The molecule has 0 unspecified atom stereocenters. The van der Waals surface area contributed by atoms with Crippen LogP contribution in [0.15, 0.2) is 39.6 Å². The van der Waals surface area contributed by atoms with Gasteiger partial charge in [-0.1, -0.05) is 18.2 Å². The molecule has 4 rings (SSSR count). The number of carbonyl (C=O) groups is 1. The Hall–Kier alpha value is -2.36. The van der Waals surface area contributed by atoms with E-state index in [9.17, 15) is 9.59 Å². The predicted molar refractivity (Wildman–Crippen MR) is 86.7 cm³/mol. The summed E-state index contributed by atoms with van der Waals surface area (Å²) in [6.45, 7) is 1.82. The summed E-state index contributed by atoms with van der Waals surface area (Å²) in [7, 11) is 1.33. The fourth-order valence-corrected chi connectivity index (χ4v) is 4.03. The van der Waals surface area contributed by atoms with Crippen molar-refractivity contribution in [1.82, 2.24) is 0 Å². The third kappa shape index (κ3) is 2.05. The van der Waals surface area contributed by atoms with Crippen molar-refractivity contribution in [3.8, 4) is 0 Å². The van der Waals surface area contributed by atoms with Crippen molar-refractivity contribution < 1.29 is 13.9 Å². The Bertz CT molecular complexity index is 890. The predicted octanol–water partition coefficient (Wildman–Crippen LogP) is 3.57. The normalized spacial score (nSPS) is 25.2. The Morgan fingerprint density at radius 1 is 1.26 bits per heavy atom. The molecule has 2 aliphatic carbocycles. The molecule has 0 amide bonds. The number of hydrogen-bond donors (Lipinski definition) is 0. The second kappa shape index (κ2) is 5.08. The van der Waals surface area contributed by atoms with Gasteiger partial charge < -0.3 is 9.15 Å². The zero-order valence-electron chi connectivity index (χ0n) is 13.2. The van der Waals surface area contributed by atoms with Crippen molar-refractivity contribution in [2.24, 2.45) is 11.8 Å². The quantitative estimate of drug-likeness (QED) is 0.628. The van der Waals surface area contributed by atoms with Crippen LogP contribution in [-0.2, 0) is 4.74 Å². The molecule has 1 aromatic carbocycles. The first-order valence-electron chi connectivity index (χ1n) is 7.93. The lowest BCUT2D eigenvalue weighted by Crippen LogP contribution is -2.16. The van der Waals surface area contributed by atoms with Crippen LogP contribution in [-0.4, -0.2) is 13.1 Å². The van der Waals surface area contributed by atoms with Crippen LogP contribution < -0.4 is 5.43 Å². The van der Waals surface area contributed by atoms with Gasteiger partial charge in [-0.2, -0.15) is 0 Å². The second-order valence-corrected chi connectivity index (χ2v) is 6.48. The summed E-state index contributed by atoms with van der Waals surface area (Å²) in [5.74, 6) is 1.50. The lowest BCUT2D eigenvalue weighted by molar-refractivity contribution is 0.0601. The van der Waals surface area contributed by atoms with E-state index in [0.29, 0.717) is 33.9 Å². The maximum atomic E-state index is 12.7. The Balaban J connectivity index is 1.95. The van der Waals surface area contributed by atoms with E-state index in [2.05, 4.69) is 12.2 Å². The van der Waals surface area contributed by atoms with Crippen molar-refractivity contribution in [1.29, 1.82) is 0 Å². The number of hydrogen-bond acceptors (Lipinski definition) is 4. The second-order valence-electron chi connectivity index (χ2n) is 6.48. The molecule has 1 aromatic heterocycles. The van der Waals surface area contributed by atoms with Crippen LogP contribution in [0.4, 0.5) is 0 Å². The van der Waals surface area contributed by atoms with Gasteiger partial charge in [0, 0.05) is 11.5 Å². The molecule has 2 bridgehead atoms. The minimum atomic E-state index is -0.485. The highest BCUT2D eigenvalue weighted by Crippen LogP contribution is 2.49. The number of ether oxygens (including phenoxy) is 1. The fourth-order valence-electron chi connectivity index (χ4n) is 4.03. The van der Waals surface area contributed by atoms with Crippen molar-refractivity contribution in [2.75, 3.05) is 7.11 Å². The largest absolute Gasteiger partial charge is 0.465 e. The van der Waals surface area contributed by atoms with Crippen molar-refractivity contribution >= 4 is 16.9 Å². The van der Waals surface area contributed by atoms with E-state index in [-0.39, 0.29) is 11.3 Å². The topological polar surface area (TPSA) is 56.5 Å². The first kappa shape index (κ1) is 14.2. The first-order chi connectivity index (χ1) is 11.1. The summed E-state index contributed by atoms with van der Waals surface area (Å²) >= 11 is 0. The highest BCUT2D eigenvalue weighted by Gasteiger charge is 2.39. The highest BCUT2D eigenvalue weighted by atomic mass is 16.5. The van der Waals surface area contributed by atoms with E-state index >= 15 is 0 Å². The monoisotopic (exact) mass is 310 g/mol. The number of rotatable bonds is 2. The minimum Gasteiger partial charge on any atom is -0.465 e. The number of para-hydroxylation sites is 1. The number of carbonyl (C=O) groups excluding carboxylic acids is 1. The average Bonchev–Trinajstić information content (AvgIpc) is 3.20. The van der Waals surface area contributed by atoms with Crippen LogP contribution in [0.25, 0.3) is 11.0 Å². The molecule has 1 saturated carbocycles. The summed E-state index contributed by atoms with van der Waals surface area (Å²) < 4.78 is 10.9. The Kier molecular flexibility index (Phi) is 3.15. The Labute approximate surface area is 133 Å². The summed E-state index contributed by atoms with van der Waals surface area (Å²) in [6, 6.07) is 5.02. The molecule has 0 N–H and O–H groups in total. The van der Waals surface area contributed by atoms with Gasteiger partial charge in [0.25, 0.3) is 0 Å². The van der Waals surface area contributed by atoms with E-state index in [1.54, 1.807) is 18.2 Å². The molecule has 0 saturated heterocycles. The van der Waals surface area contributed by atoms with E-state index in [0.717, 1.165) is 18.6 Å². The summed E-state index contributed by atoms with van der Waals surface area (Å²) in [5, 5.41) is 0.438. The van der Waals surface area contributed by atoms with Gasteiger partial charge in [0.15, 0.2) is 11.0 Å². The molecule has 1 heterocycles. The van der Waals surface area contributed by atoms with Gasteiger partial charge in [-0.25, -0.2) is 4.79 Å². The molecule has 1 fully saturated rings. The van der Waals surface area contributed by atoms with Gasteiger partial charge in [0.05, 0.1) is 12.5 Å². The van der Waals surface area contributed by atoms with Crippen LogP contribution in [0.5, 0.6) is 0 Å². The molecule has 23 heavy (non-hydrogen) atoms. The van der Waals surface area contributed by atoms with E-state index < -0.39 is 5.97 Å². The van der Waals surface area contributed by atoms with Crippen LogP contribution in [0.2, 0.25) is 0 Å². The van der Waals surface area contributed by atoms with Crippen LogP contribution in [0.3, 0.4) is 0 Å². The van der Waals surface area contributed by atoms with E-state index in [1.165, 1.54) is 7.11 Å².